The van der Waals surface area contributed by atoms with Gasteiger partial charge in [-0.3, -0.25) is 9.59 Å². The average Bonchev–Trinajstić information content (AvgIpc) is 2.62. The molecular weight excluding hydrogens is 330 g/mol. The van der Waals surface area contributed by atoms with Crippen LogP contribution >= 0.6 is 12.4 Å². The topological polar surface area (TPSA) is 75.9 Å². The number of nitrogens with two attached hydrogens (primary N) is 1. The molecule has 7 heteroatoms. The Balaban J connectivity index is 0.00000208. The molecule has 3 fully saturated rings. The van der Waals surface area contributed by atoms with Crippen molar-refractivity contribution in [2.45, 2.75) is 50.5 Å². The number of nitrogens with zero attached hydrogens (tertiary/aromatic N) is 2. The lowest BCUT2D eigenvalue weighted by atomic mass is 9.81. The summed E-state index contributed by atoms with van der Waals surface area (Å²) in [6.07, 6.45) is 6.57. The molecule has 1 atom stereocenters. The summed E-state index contributed by atoms with van der Waals surface area (Å²) in [4.78, 5) is 29.3. The third-order valence-corrected chi connectivity index (χ3v) is 5.55. The Morgan fingerprint density at radius 1 is 0.958 bits per heavy atom. The first-order valence-corrected chi connectivity index (χ1v) is 9.05. The molecular formula is C17H30ClN3O3. The van der Waals surface area contributed by atoms with E-state index in [9.17, 15) is 9.59 Å². The van der Waals surface area contributed by atoms with Crippen molar-refractivity contribution < 1.29 is 14.3 Å². The van der Waals surface area contributed by atoms with Crippen molar-refractivity contribution >= 4 is 24.2 Å². The SMILES string of the molecule is Cl.NC1(C(=O)N2CCCC(C(=O)N3CCOCC3)C2)CCCCC1. The van der Waals surface area contributed by atoms with Crippen molar-refractivity contribution in [1.29, 1.82) is 0 Å². The van der Waals surface area contributed by atoms with Gasteiger partial charge in [-0.05, 0) is 25.7 Å². The summed E-state index contributed by atoms with van der Waals surface area (Å²) >= 11 is 0. The van der Waals surface area contributed by atoms with Gasteiger partial charge in [0.1, 0.15) is 0 Å². The molecule has 1 saturated carbocycles. The van der Waals surface area contributed by atoms with Gasteiger partial charge >= 0.3 is 0 Å². The number of halogens is 1. The zero-order valence-corrected chi connectivity index (χ0v) is 15.2. The van der Waals surface area contributed by atoms with Gasteiger partial charge in [-0.15, -0.1) is 12.4 Å². The van der Waals surface area contributed by atoms with Crippen LogP contribution in [0.5, 0.6) is 0 Å². The number of piperidine rings is 1. The normalized spacial score (nSPS) is 27.3. The van der Waals surface area contributed by atoms with Gasteiger partial charge in [0.05, 0.1) is 24.7 Å². The Morgan fingerprint density at radius 2 is 1.62 bits per heavy atom. The number of hydrogen-bond acceptors (Lipinski definition) is 4. The zero-order valence-electron chi connectivity index (χ0n) is 14.4. The van der Waals surface area contributed by atoms with Crippen LogP contribution in [0.4, 0.5) is 0 Å². The maximum Gasteiger partial charge on any atom is 0.242 e. The van der Waals surface area contributed by atoms with E-state index in [2.05, 4.69) is 0 Å². The third kappa shape index (κ3) is 4.21. The summed E-state index contributed by atoms with van der Waals surface area (Å²) in [5.41, 5.74) is 5.70. The van der Waals surface area contributed by atoms with Crippen molar-refractivity contribution in [3.8, 4) is 0 Å². The number of morpholine rings is 1. The summed E-state index contributed by atoms with van der Waals surface area (Å²) in [6, 6.07) is 0. The summed E-state index contributed by atoms with van der Waals surface area (Å²) in [7, 11) is 0. The van der Waals surface area contributed by atoms with E-state index in [0.717, 1.165) is 45.1 Å². The number of ether oxygens (including phenoxy) is 1. The Labute approximate surface area is 150 Å². The summed E-state index contributed by atoms with van der Waals surface area (Å²) < 4.78 is 5.31. The maximum atomic E-state index is 12.9. The molecule has 2 aliphatic heterocycles. The highest BCUT2D eigenvalue weighted by atomic mass is 35.5. The van der Waals surface area contributed by atoms with Gasteiger partial charge in [0.15, 0.2) is 0 Å². The van der Waals surface area contributed by atoms with Crippen LogP contribution in [0.1, 0.15) is 44.9 Å². The van der Waals surface area contributed by atoms with Gasteiger partial charge in [0, 0.05) is 26.2 Å². The Bertz CT molecular complexity index is 448. The standard InChI is InChI=1S/C17H29N3O3.ClH/c18-17(6-2-1-3-7-17)16(22)20-8-4-5-14(13-20)15(21)19-9-11-23-12-10-19;/h14H,1-13,18H2;1H. The van der Waals surface area contributed by atoms with Gasteiger partial charge in [-0.2, -0.15) is 0 Å². The highest BCUT2D eigenvalue weighted by Gasteiger charge is 2.41. The first kappa shape index (κ1) is 19.5. The molecule has 0 aromatic rings. The van der Waals surface area contributed by atoms with Crippen LogP contribution in [-0.2, 0) is 14.3 Å². The molecule has 1 aliphatic carbocycles. The fourth-order valence-corrected chi connectivity index (χ4v) is 4.12. The van der Waals surface area contributed by atoms with Crippen molar-refractivity contribution in [1.82, 2.24) is 9.80 Å². The van der Waals surface area contributed by atoms with Crippen molar-refractivity contribution in [2.75, 3.05) is 39.4 Å². The molecule has 2 heterocycles. The van der Waals surface area contributed by atoms with E-state index in [4.69, 9.17) is 10.5 Å². The molecule has 0 aromatic heterocycles. The summed E-state index contributed by atoms with van der Waals surface area (Å²) in [5.74, 6) is 0.176. The van der Waals surface area contributed by atoms with Crippen LogP contribution in [0, 0.1) is 5.92 Å². The number of amides is 2. The van der Waals surface area contributed by atoms with Gasteiger partial charge < -0.3 is 20.3 Å². The van der Waals surface area contributed by atoms with Gasteiger partial charge in [-0.1, -0.05) is 19.3 Å². The molecule has 2 amide bonds. The van der Waals surface area contributed by atoms with Crippen molar-refractivity contribution in [2.24, 2.45) is 11.7 Å². The first-order valence-electron chi connectivity index (χ1n) is 9.05. The lowest BCUT2D eigenvalue weighted by Gasteiger charge is -2.41. The molecule has 3 rings (SSSR count). The maximum absolute atomic E-state index is 12.9. The molecule has 2 N–H and O–H groups in total. The van der Waals surface area contributed by atoms with Gasteiger partial charge in [0.25, 0.3) is 0 Å². The average molecular weight is 360 g/mol. The van der Waals surface area contributed by atoms with E-state index in [0.29, 0.717) is 32.8 Å². The Kier molecular flexibility index (Phi) is 6.89. The smallest absolute Gasteiger partial charge is 0.242 e. The fraction of sp³-hybridized carbons (Fsp3) is 0.882. The van der Waals surface area contributed by atoms with Gasteiger partial charge in [0.2, 0.25) is 11.8 Å². The molecule has 138 valence electrons. The van der Waals surface area contributed by atoms with Crippen molar-refractivity contribution in [3.63, 3.8) is 0 Å². The minimum absolute atomic E-state index is 0. The number of carbonyl (C=O) groups is 2. The van der Waals surface area contributed by atoms with Crippen LogP contribution in [0.2, 0.25) is 0 Å². The zero-order chi connectivity index (χ0) is 16.3. The van der Waals surface area contributed by atoms with E-state index in [1.54, 1.807) is 0 Å². The van der Waals surface area contributed by atoms with E-state index < -0.39 is 5.54 Å². The highest BCUT2D eigenvalue weighted by Crippen LogP contribution is 2.30. The van der Waals surface area contributed by atoms with E-state index >= 15 is 0 Å². The fourth-order valence-electron chi connectivity index (χ4n) is 4.12. The highest BCUT2D eigenvalue weighted by molar-refractivity contribution is 5.87. The quantitative estimate of drug-likeness (QED) is 0.803. The molecule has 0 aromatic carbocycles. The third-order valence-electron chi connectivity index (χ3n) is 5.55. The van der Waals surface area contributed by atoms with Gasteiger partial charge in [-0.25, -0.2) is 0 Å². The molecule has 3 aliphatic rings. The van der Waals surface area contributed by atoms with Crippen molar-refractivity contribution in [3.05, 3.63) is 0 Å². The number of rotatable bonds is 2. The molecule has 1 unspecified atom stereocenters. The van der Waals surface area contributed by atoms with Crippen LogP contribution < -0.4 is 5.73 Å². The second kappa shape index (κ2) is 8.50. The first-order chi connectivity index (χ1) is 11.1. The Hall–Kier alpha value is -0.850. The molecule has 6 nitrogen and oxygen atoms in total. The Morgan fingerprint density at radius 3 is 2.29 bits per heavy atom. The minimum atomic E-state index is -0.692. The lowest BCUT2D eigenvalue weighted by Crippen LogP contribution is -2.59. The van der Waals surface area contributed by atoms with E-state index in [-0.39, 0.29) is 30.1 Å². The monoisotopic (exact) mass is 359 g/mol. The molecule has 2 saturated heterocycles. The molecule has 0 spiro atoms. The predicted octanol–water partition coefficient (Wildman–Crippen LogP) is 1.17. The van der Waals surface area contributed by atoms with Crippen LogP contribution in [-0.4, -0.2) is 66.5 Å². The lowest BCUT2D eigenvalue weighted by molar-refractivity contribution is -0.146. The van der Waals surface area contributed by atoms with E-state index in [1.165, 1.54) is 6.42 Å². The van der Waals surface area contributed by atoms with Crippen LogP contribution in [0.25, 0.3) is 0 Å². The molecule has 0 bridgehead atoms. The molecule has 24 heavy (non-hydrogen) atoms. The second-order valence-corrected chi connectivity index (χ2v) is 7.24. The molecule has 0 radical (unpaired) electrons. The number of hydrogen-bond donors (Lipinski definition) is 1. The largest absolute Gasteiger partial charge is 0.378 e. The predicted molar refractivity (Wildman–Crippen MR) is 94.0 cm³/mol. The number of carbonyl (C=O) groups excluding carboxylic acids is 2. The van der Waals surface area contributed by atoms with Crippen LogP contribution in [0.15, 0.2) is 0 Å². The van der Waals surface area contributed by atoms with Crippen LogP contribution in [0.3, 0.4) is 0 Å². The summed E-state index contributed by atoms with van der Waals surface area (Å²) in [6.45, 7) is 3.85. The van der Waals surface area contributed by atoms with E-state index in [1.807, 2.05) is 9.80 Å². The summed E-state index contributed by atoms with van der Waals surface area (Å²) in [5, 5.41) is 0. The minimum Gasteiger partial charge on any atom is -0.378 e. The second-order valence-electron chi connectivity index (χ2n) is 7.24. The number of likely N-dealkylation sites (tertiary alicyclic amines) is 1.